The smallest absolute Gasteiger partial charge is 0.214 e. The van der Waals surface area contributed by atoms with Gasteiger partial charge in [0.1, 0.15) is 6.35 Å². The molecule has 0 heterocycles. The van der Waals surface area contributed by atoms with Gasteiger partial charge in [0.05, 0.1) is 0 Å². The molecule has 0 aliphatic carbocycles. The summed E-state index contributed by atoms with van der Waals surface area (Å²) in [5.41, 5.74) is 0. The minimum absolute atomic E-state index is 0.00116. The lowest BCUT2D eigenvalue weighted by atomic mass is 10.9. The van der Waals surface area contributed by atoms with Gasteiger partial charge in [0.15, 0.2) is 0 Å². The first kappa shape index (κ1) is 7.15. The third kappa shape index (κ3) is 6.15. The molecule has 0 aromatic carbocycles. The highest BCUT2D eigenvalue weighted by Gasteiger charge is 1.86. The first-order chi connectivity index (χ1) is 3.27. The Bertz CT molecular complexity index is 63.2. The molecule has 0 fully saturated rings. The van der Waals surface area contributed by atoms with E-state index in [4.69, 9.17) is 4.89 Å². The van der Waals surface area contributed by atoms with E-state index in [2.05, 4.69) is 4.74 Å². The predicted molar refractivity (Wildman–Crippen MR) is 27.7 cm³/mol. The first-order valence-corrected chi connectivity index (χ1v) is 3.63. The molecule has 0 aliphatic heterocycles. The van der Waals surface area contributed by atoms with Crippen molar-refractivity contribution in [1.29, 1.82) is 0 Å². The Morgan fingerprint density at radius 3 is 2.57 bits per heavy atom. The summed E-state index contributed by atoms with van der Waals surface area (Å²) in [5.74, 6) is 0. The zero-order valence-corrected chi connectivity index (χ0v) is 5.18. The number of ether oxygens (including phenoxy) is 1. The van der Waals surface area contributed by atoms with E-state index in [1.165, 1.54) is 0 Å². The van der Waals surface area contributed by atoms with Crippen LogP contribution in [-0.4, -0.2) is 17.8 Å². The van der Waals surface area contributed by atoms with Crippen LogP contribution >= 0.6 is 8.03 Å². The topological polar surface area (TPSA) is 46.5 Å². The lowest BCUT2D eigenvalue weighted by molar-refractivity contribution is 0.187. The van der Waals surface area contributed by atoms with Crippen molar-refractivity contribution < 1.29 is 14.2 Å². The molecule has 0 aromatic heterocycles. The Morgan fingerprint density at radius 2 is 2.43 bits per heavy atom. The largest absolute Gasteiger partial charge is 0.372 e. The molecule has 0 saturated carbocycles. The van der Waals surface area contributed by atoms with E-state index >= 15 is 0 Å². The van der Waals surface area contributed by atoms with Crippen LogP contribution in [0.1, 0.15) is 6.92 Å². The second-order valence-electron chi connectivity index (χ2n) is 1.03. The van der Waals surface area contributed by atoms with Crippen molar-refractivity contribution in [2.75, 3.05) is 13.0 Å². The summed E-state index contributed by atoms with van der Waals surface area (Å²) in [4.78, 5) is 8.10. The van der Waals surface area contributed by atoms with E-state index in [9.17, 15) is 4.57 Å². The van der Waals surface area contributed by atoms with Gasteiger partial charge in [0.25, 0.3) is 0 Å². The zero-order valence-electron chi connectivity index (χ0n) is 4.18. The Hall–Kier alpha value is 0.150. The minimum Gasteiger partial charge on any atom is -0.372 e. The fourth-order valence-electron chi connectivity index (χ4n) is 0.189. The standard InChI is InChI=1S/C3H9O3P/c1-2-6-3-7(4)5/h7H,2-3H2,1H3,(H,4,5). The number of hydrogen-bond acceptors (Lipinski definition) is 2. The van der Waals surface area contributed by atoms with Crippen LogP contribution in [-0.2, 0) is 9.30 Å². The molecule has 0 rings (SSSR count). The van der Waals surface area contributed by atoms with Gasteiger partial charge in [-0.3, -0.25) is 4.57 Å². The Balaban J connectivity index is 2.82. The molecule has 1 unspecified atom stereocenters. The van der Waals surface area contributed by atoms with Gasteiger partial charge in [0, 0.05) is 6.61 Å². The molecular formula is C3H9O3P. The van der Waals surface area contributed by atoms with Crippen LogP contribution in [0.25, 0.3) is 0 Å². The van der Waals surface area contributed by atoms with Crippen LogP contribution in [0.2, 0.25) is 0 Å². The van der Waals surface area contributed by atoms with Crippen LogP contribution in [0.5, 0.6) is 0 Å². The third-order valence-electron chi connectivity index (χ3n) is 0.430. The van der Waals surface area contributed by atoms with Crippen molar-refractivity contribution in [1.82, 2.24) is 0 Å². The maximum Gasteiger partial charge on any atom is 0.214 e. The van der Waals surface area contributed by atoms with Crippen LogP contribution in [0.3, 0.4) is 0 Å². The van der Waals surface area contributed by atoms with Crippen LogP contribution in [0.4, 0.5) is 0 Å². The quantitative estimate of drug-likeness (QED) is 0.555. The van der Waals surface area contributed by atoms with Crippen molar-refractivity contribution in [2.24, 2.45) is 0 Å². The lowest BCUT2D eigenvalue weighted by Gasteiger charge is -1.91. The molecule has 3 nitrogen and oxygen atoms in total. The highest BCUT2D eigenvalue weighted by Crippen LogP contribution is 2.10. The Kier molecular flexibility index (Phi) is 4.41. The average Bonchev–Trinajstić information content (AvgIpc) is 1.61. The van der Waals surface area contributed by atoms with Gasteiger partial charge in [-0.25, -0.2) is 0 Å². The molecule has 0 radical (unpaired) electrons. The van der Waals surface area contributed by atoms with E-state index in [-0.39, 0.29) is 6.35 Å². The van der Waals surface area contributed by atoms with Gasteiger partial charge in [-0.15, -0.1) is 0 Å². The second-order valence-corrected chi connectivity index (χ2v) is 2.11. The molecule has 0 bridgehead atoms. The van der Waals surface area contributed by atoms with Crippen molar-refractivity contribution in [3.63, 3.8) is 0 Å². The van der Waals surface area contributed by atoms with Crippen LogP contribution in [0.15, 0.2) is 0 Å². The lowest BCUT2D eigenvalue weighted by Crippen LogP contribution is -1.85. The molecule has 0 saturated heterocycles. The Labute approximate surface area is 43.2 Å². The minimum atomic E-state index is -2.37. The maximum atomic E-state index is 9.82. The van der Waals surface area contributed by atoms with Crippen molar-refractivity contribution >= 4 is 8.03 Å². The van der Waals surface area contributed by atoms with E-state index in [1.54, 1.807) is 6.92 Å². The summed E-state index contributed by atoms with van der Waals surface area (Å²) in [7, 11) is -2.37. The van der Waals surface area contributed by atoms with E-state index in [1.807, 2.05) is 0 Å². The number of hydrogen-bond donors (Lipinski definition) is 1. The monoisotopic (exact) mass is 124 g/mol. The summed E-state index contributed by atoms with van der Waals surface area (Å²) in [6.07, 6.45) is 0.00116. The highest BCUT2D eigenvalue weighted by molar-refractivity contribution is 7.37. The molecule has 4 heteroatoms. The molecule has 44 valence electrons. The summed E-state index contributed by atoms with van der Waals surface area (Å²) in [6, 6.07) is 0. The fourth-order valence-corrected chi connectivity index (χ4v) is 0.568. The van der Waals surface area contributed by atoms with E-state index in [0.717, 1.165) is 0 Å². The SMILES string of the molecule is CCOC[PH](=O)O. The number of rotatable bonds is 3. The molecule has 0 amide bonds. The molecule has 7 heavy (non-hydrogen) atoms. The van der Waals surface area contributed by atoms with Gasteiger partial charge in [-0.05, 0) is 6.92 Å². The van der Waals surface area contributed by atoms with Crippen molar-refractivity contribution in [2.45, 2.75) is 6.92 Å². The van der Waals surface area contributed by atoms with Crippen molar-refractivity contribution in [3.05, 3.63) is 0 Å². The van der Waals surface area contributed by atoms with Gasteiger partial charge < -0.3 is 9.63 Å². The average molecular weight is 124 g/mol. The Morgan fingerprint density at radius 1 is 1.86 bits per heavy atom. The first-order valence-electron chi connectivity index (χ1n) is 2.07. The summed E-state index contributed by atoms with van der Waals surface area (Å²) < 4.78 is 14.4. The van der Waals surface area contributed by atoms with Crippen LogP contribution in [0, 0.1) is 0 Å². The van der Waals surface area contributed by atoms with Gasteiger partial charge in [-0.2, -0.15) is 0 Å². The zero-order chi connectivity index (χ0) is 5.70. The normalized spacial score (nSPS) is 14.0. The highest BCUT2D eigenvalue weighted by atomic mass is 31.1. The van der Waals surface area contributed by atoms with E-state index in [0.29, 0.717) is 6.61 Å². The maximum absolute atomic E-state index is 9.82. The molecular weight excluding hydrogens is 115 g/mol. The second kappa shape index (κ2) is 4.31. The van der Waals surface area contributed by atoms with Gasteiger partial charge in [0.2, 0.25) is 8.03 Å². The molecule has 1 atom stereocenters. The van der Waals surface area contributed by atoms with Crippen molar-refractivity contribution in [3.8, 4) is 0 Å². The molecule has 0 aromatic rings. The van der Waals surface area contributed by atoms with Gasteiger partial charge in [-0.1, -0.05) is 0 Å². The fraction of sp³-hybridized carbons (Fsp3) is 1.00. The third-order valence-corrected chi connectivity index (χ3v) is 0.881. The summed E-state index contributed by atoms with van der Waals surface area (Å²) in [5, 5.41) is 0. The predicted octanol–water partition coefficient (Wildman–Crippen LogP) is 0.447. The van der Waals surface area contributed by atoms with E-state index < -0.39 is 8.03 Å². The molecule has 0 aliphatic rings. The summed E-state index contributed by atoms with van der Waals surface area (Å²) in [6.45, 7) is 2.29. The summed E-state index contributed by atoms with van der Waals surface area (Å²) >= 11 is 0. The molecule has 0 spiro atoms. The van der Waals surface area contributed by atoms with Gasteiger partial charge >= 0.3 is 0 Å². The molecule has 1 N–H and O–H groups in total. The van der Waals surface area contributed by atoms with Crippen LogP contribution < -0.4 is 0 Å².